The van der Waals surface area contributed by atoms with E-state index in [1.807, 2.05) is 6.92 Å². The van der Waals surface area contributed by atoms with E-state index in [0.717, 1.165) is 11.1 Å². The maximum absolute atomic E-state index is 12.7. The summed E-state index contributed by atoms with van der Waals surface area (Å²) in [5.41, 5.74) is 2.76. The van der Waals surface area contributed by atoms with Gasteiger partial charge in [-0.1, -0.05) is 17.7 Å². The van der Waals surface area contributed by atoms with Crippen LogP contribution in [0.1, 0.15) is 18.1 Å². The minimum atomic E-state index is -3.75. The van der Waals surface area contributed by atoms with Gasteiger partial charge in [-0.15, -0.1) is 0 Å². The molecule has 0 aliphatic carbocycles. The van der Waals surface area contributed by atoms with E-state index < -0.39 is 10.0 Å². The Morgan fingerprint density at radius 1 is 1.16 bits per heavy atom. The molecule has 0 aromatic heterocycles. The Kier molecular flexibility index (Phi) is 4.43. The first-order valence-electron chi connectivity index (χ1n) is 7.91. The molecule has 25 heavy (non-hydrogen) atoms. The zero-order valence-electron chi connectivity index (χ0n) is 14.4. The van der Waals surface area contributed by atoms with Crippen LogP contribution in [0.3, 0.4) is 0 Å². The minimum absolute atomic E-state index is 0.136. The molecule has 2 aromatic rings. The summed E-state index contributed by atoms with van der Waals surface area (Å²) in [4.78, 5) is 13.7. The molecule has 2 aromatic carbocycles. The van der Waals surface area contributed by atoms with Crippen LogP contribution in [0.4, 0.5) is 11.4 Å². The van der Waals surface area contributed by atoms with Crippen LogP contribution < -0.4 is 14.4 Å². The lowest BCUT2D eigenvalue weighted by Gasteiger charge is -2.20. The van der Waals surface area contributed by atoms with Crippen LogP contribution in [0.25, 0.3) is 0 Å². The molecule has 0 saturated carbocycles. The Hall–Kier alpha value is -2.54. The van der Waals surface area contributed by atoms with Crippen molar-refractivity contribution in [1.82, 2.24) is 0 Å². The number of sulfonamides is 1. The number of aryl methyl sites for hydroxylation is 1. The van der Waals surface area contributed by atoms with E-state index in [1.54, 1.807) is 48.4 Å². The Morgan fingerprint density at radius 2 is 1.84 bits per heavy atom. The molecule has 132 valence electrons. The molecule has 0 atom stereocenters. The number of carbonyl (C=O) groups is 1. The summed E-state index contributed by atoms with van der Waals surface area (Å²) < 4.78 is 33.4. The molecule has 7 heteroatoms. The normalized spacial score (nSPS) is 13.5. The number of benzene rings is 2. The molecule has 0 fully saturated rings. The van der Waals surface area contributed by atoms with Gasteiger partial charge in [0.25, 0.3) is 10.0 Å². The van der Waals surface area contributed by atoms with E-state index in [9.17, 15) is 13.2 Å². The van der Waals surface area contributed by atoms with Crippen molar-refractivity contribution >= 4 is 27.3 Å². The number of rotatable bonds is 4. The molecule has 1 aliphatic heterocycles. The van der Waals surface area contributed by atoms with Crippen molar-refractivity contribution < 1.29 is 17.9 Å². The van der Waals surface area contributed by atoms with E-state index in [0.29, 0.717) is 30.1 Å². The lowest BCUT2D eigenvalue weighted by atomic mass is 10.1. The number of fused-ring (bicyclic) bond motifs is 1. The first-order valence-corrected chi connectivity index (χ1v) is 9.39. The SMILES string of the molecule is COc1ccc(NS(=O)(=O)c2ccc(C)cc2)c2c1CCN2C(C)=O. The summed E-state index contributed by atoms with van der Waals surface area (Å²) in [5.74, 6) is 0.514. The summed E-state index contributed by atoms with van der Waals surface area (Å²) >= 11 is 0. The van der Waals surface area contributed by atoms with Gasteiger partial charge in [0.05, 0.1) is 23.4 Å². The van der Waals surface area contributed by atoms with Crippen LogP contribution >= 0.6 is 0 Å². The molecule has 0 bridgehead atoms. The summed E-state index contributed by atoms with van der Waals surface area (Å²) in [6.45, 7) is 3.86. The second-order valence-electron chi connectivity index (χ2n) is 5.98. The number of nitrogens with one attached hydrogen (secondary N) is 1. The van der Waals surface area contributed by atoms with Crippen molar-refractivity contribution in [3.05, 3.63) is 47.5 Å². The van der Waals surface area contributed by atoms with E-state index >= 15 is 0 Å². The fourth-order valence-electron chi connectivity index (χ4n) is 3.01. The van der Waals surface area contributed by atoms with E-state index in [-0.39, 0.29) is 10.8 Å². The smallest absolute Gasteiger partial charge is 0.261 e. The maximum atomic E-state index is 12.7. The summed E-state index contributed by atoms with van der Waals surface area (Å²) in [7, 11) is -2.19. The highest BCUT2D eigenvalue weighted by Gasteiger charge is 2.30. The van der Waals surface area contributed by atoms with Crippen molar-refractivity contribution in [3.8, 4) is 5.75 Å². The molecule has 1 aliphatic rings. The second kappa shape index (κ2) is 6.40. The molecular formula is C18H20N2O4S. The fraction of sp³-hybridized carbons (Fsp3) is 0.278. The van der Waals surface area contributed by atoms with E-state index in [2.05, 4.69) is 4.72 Å². The standard InChI is InChI=1S/C18H20N2O4S/c1-12-4-6-14(7-5-12)25(22,23)19-16-8-9-17(24-3)15-10-11-20(13(2)21)18(15)16/h4-9,19H,10-11H2,1-3H3. The number of hydrogen-bond donors (Lipinski definition) is 1. The van der Waals surface area contributed by atoms with Crippen molar-refractivity contribution in [1.29, 1.82) is 0 Å². The molecule has 6 nitrogen and oxygen atoms in total. The van der Waals surface area contributed by atoms with Crippen molar-refractivity contribution in [2.45, 2.75) is 25.2 Å². The zero-order valence-corrected chi connectivity index (χ0v) is 15.2. The molecule has 1 heterocycles. The lowest BCUT2D eigenvalue weighted by Crippen LogP contribution is -2.27. The topological polar surface area (TPSA) is 75.7 Å². The molecule has 0 radical (unpaired) electrons. The quantitative estimate of drug-likeness (QED) is 0.910. The number of methoxy groups -OCH3 is 1. The fourth-order valence-corrected chi connectivity index (χ4v) is 4.08. The summed E-state index contributed by atoms with van der Waals surface area (Å²) in [5, 5.41) is 0. The minimum Gasteiger partial charge on any atom is -0.496 e. The van der Waals surface area contributed by atoms with Crippen molar-refractivity contribution in [2.75, 3.05) is 23.3 Å². The number of ether oxygens (including phenoxy) is 1. The molecular weight excluding hydrogens is 340 g/mol. The predicted molar refractivity (Wildman–Crippen MR) is 96.7 cm³/mol. The van der Waals surface area contributed by atoms with Crippen LogP contribution in [0.5, 0.6) is 5.75 Å². The molecule has 1 amide bonds. The lowest BCUT2D eigenvalue weighted by molar-refractivity contribution is -0.116. The van der Waals surface area contributed by atoms with Gasteiger partial charge in [-0.2, -0.15) is 0 Å². The first kappa shape index (κ1) is 17.3. The Morgan fingerprint density at radius 3 is 2.44 bits per heavy atom. The van der Waals surface area contributed by atoms with Gasteiger partial charge in [0.2, 0.25) is 5.91 Å². The number of carbonyl (C=O) groups excluding carboxylic acids is 1. The second-order valence-corrected chi connectivity index (χ2v) is 7.66. The molecule has 1 N–H and O–H groups in total. The largest absolute Gasteiger partial charge is 0.496 e. The van der Waals surface area contributed by atoms with Gasteiger partial charge >= 0.3 is 0 Å². The highest BCUT2D eigenvalue weighted by Crippen LogP contribution is 2.42. The average Bonchev–Trinajstić information content (AvgIpc) is 3.01. The number of amides is 1. The van der Waals surface area contributed by atoms with Gasteiger partial charge in [0, 0.05) is 19.0 Å². The molecule has 0 saturated heterocycles. The Balaban J connectivity index is 2.05. The van der Waals surface area contributed by atoms with Crippen LogP contribution in [0.15, 0.2) is 41.3 Å². The molecule has 3 rings (SSSR count). The first-order chi connectivity index (χ1) is 11.8. The van der Waals surface area contributed by atoms with Gasteiger partial charge < -0.3 is 9.64 Å². The van der Waals surface area contributed by atoms with Crippen LogP contribution in [-0.4, -0.2) is 28.0 Å². The van der Waals surface area contributed by atoms with Crippen LogP contribution in [0, 0.1) is 6.92 Å². The third kappa shape index (κ3) is 3.19. The highest BCUT2D eigenvalue weighted by atomic mass is 32.2. The highest BCUT2D eigenvalue weighted by molar-refractivity contribution is 7.92. The third-order valence-corrected chi connectivity index (χ3v) is 5.65. The Labute approximate surface area is 147 Å². The molecule has 0 spiro atoms. The van der Waals surface area contributed by atoms with E-state index in [4.69, 9.17) is 4.74 Å². The summed E-state index contributed by atoms with van der Waals surface area (Å²) in [6, 6.07) is 9.96. The zero-order chi connectivity index (χ0) is 18.2. The Bertz CT molecular complexity index is 921. The number of anilines is 2. The predicted octanol–water partition coefficient (Wildman–Crippen LogP) is 2.71. The van der Waals surface area contributed by atoms with Crippen LogP contribution in [0.2, 0.25) is 0 Å². The average molecular weight is 360 g/mol. The van der Waals surface area contributed by atoms with Gasteiger partial charge in [-0.3, -0.25) is 9.52 Å². The van der Waals surface area contributed by atoms with E-state index in [1.165, 1.54) is 6.92 Å². The summed E-state index contributed by atoms with van der Waals surface area (Å²) in [6.07, 6.45) is 0.623. The monoisotopic (exact) mass is 360 g/mol. The van der Waals surface area contributed by atoms with Crippen molar-refractivity contribution in [3.63, 3.8) is 0 Å². The van der Waals surface area contributed by atoms with Crippen LogP contribution in [-0.2, 0) is 21.2 Å². The van der Waals surface area contributed by atoms with Gasteiger partial charge in [-0.25, -0.2) is 8.42 Å². The van der Waals surface area contributed by atoms with Gasteiger partial charge in [0.15, 0.2) is 0 Å². The van der Waals surface area contributed by atoms with Gasteiger partial charge in [0.1, 0.15) is 5.75 Å². The number of nitrogens with zero attached hydrogens (tertiary/aromatic N) is 1. The number of hydrogen-bond acceptors (Lipinski definition) is 4. The van der Waals surface area contributed by atoms with Crippen molar-refractivity contribution in [2.24, 2.45) is 0 Å². The maximum Gasteiger partial charge on any atom is 0.261 e. The molecule has 0 unspecified atom stereocenters. The van der Waals surface area contributed by atoms with Gasteiger partial charge in [-0.05, 0) is 37.6 Å². The third-order valence-electron chi connectivity index (χ3n) is 4.27.